The van der Waals surface area contributed by atoms with E-state index in [9.17, 15) is 0 Å². The second-order valence-electron chi connectivity index (χ2n) is 4.39. The van der Waals surface area contributed by atoms with Gasteiger partial charge in [-0.05, 0) is 38.5 Å². The Morgan fingerprint density at radius 2 is 1.48 bits per heavy atom. The summed E-state index contributed by atoms with van der Waals surface area (Å²) in [4.78, 5) is 0. The van der Waals surface area contributed by atoms with Gasteiger partial charge in [-0.15, -0.1) is 5.26 Å². The van der Waals surface area contributed by atoms with Gasteiger partial charge in [-0.2, -0.15) is 0 Å². The third-order valence-corrected chi connectivity index (χ3v) is 6.58. The van der Waals surface area contributed by atoms with E-state index < -0.39 is 8.80 Å². The van der Waals surface area contributed by atoms with E-state index >= 15 is 0 Å². The van der Waals surface area contributed by atoms with Gasteiger partial charge in [-0.25, -0.2) is 0 Å². The molecule has 1 atom stereocenters. The first-order valence-electron chi connectivity index (χ1n) is 7.21. The van der Waals surface area contributed by atoms with E-state index in [1.807, 2.05) is 39.8 Å². The normalized spacial score (nSPS) is 12.7. The predicted molar refractivity (Wildman–Crippen MR) is 81.7 cm³/mol. The molecule has 6 heteroatoms. The quantitative estimate of drug-likeness (QED) is 0.517. The first-order valence-corrected chi connectivity index (χ1v) is 9.01. The SMILES string of the molecule is CCO[Si](OCC)(OCC)C(C)c1ccc(OC#N)cc1. The molecule has 0 aromatic heterocycles. The smallest absolute Gasteiger partial charge is 0.388 e. The number of ether oxygens (including phenoxy) is 1. The highest BCUT2D eigenvalue weighted by Gasteiger charge is 2.47. The van der Waals surface area contributed by atoms with Crippen molar-refractivity contribution in [1.82, 2.24) is 0 Å². The van der Waals surface area contributed by atoms with Crippen LogP contribution in [-0.2, 0) is 13.3 Å². The molecule has 0 N–H and O–H groups in total. The van der Waals surface area contributed by atoms with E-state index in [4.69, 9.17) is 23.3 Å². The number of hydrogen-bond acceptors (Lipinski definition) is 5. The minimum Gasteiger partial charge on any atom is -0.388 e. The molecule has 1 aromatic rings. The zero-order chi connectivity index (χ0) is 15.7. The summed E-state index contributed by atoms with van der Waals surface area (Å²) in [6.07, 6.45) is 1.66. The Morgan fingerprint density at radius 3 is 1.86 bits per heavy atom. The van der Waals surface area contributed by atoms with Crippen LogP contribution in [0.4, 0.5) is 0 Å². The zero-order valence-electron chi connectivity index (χ0n) is 13.1. The van der Waals surface area contributed by atoms with Crippen molar-refractivity contribution >= 4 is 8.80 Å². The Balaban J connectivity index is 3.02. The van der Waals surface area contributed by atoms with Crippen LogP contribution in [0.5, 0.6) is 5.75 Å². The van der Waals surface area contributed by atoms with E-state index in [1.165, 1.54) is 0 Å². The van der Waals surface area contributed by atoms with Gasteiger partial charge in [0.2, 0.25) is 0 Å². The molecule has 0 spiro atoms. The van der Waals surface area contributed by atoms with E-state index in [2.05, 4.69) is 0 Å². The van der Waals surface area contributed by atoms with Gasteiger partial charge in [0, 0.05) is 19.8 Å². The maximum atomic E-state index is 8.51. The fraction of sp³-hybridized carbons (Fsp3) is 0.533. The van der Waals surface area contributed by atoms with Crippen molar-refractivity contribution in [2.75, 3.05) is 19.8 Å². The molecule has 0 aliphatic carbocycles. The van der Waals surface area contributed by atoms with Gasteiger partial charge in [-0.3, -0.25) is 0 Å². The van der Waals surface area contributed by atoms with Crippen LogP contribution in [0.3, 0.4) is 0 Å². The van der Waals surface area contributed by atoms with E-state index in [0.29, 0.717) is 25.6 Å². The molecule has 1 unspecified atom stereocenters. The van der Waals surface area contributed by atoms with Gasteiger partial charge in [0.05, 0.1) is 5.54 Å². The van der Waals surface area contributed by atoms with E-state index in [0.717, 1.165) is 5.56 Å². The van der Waals surface area contributed by atoms with Crippen molar-refractivity contribution in [3.05, 3.63) is 29.8 Å². The summed E-state index contributed by atoms with van der Waals surface area (Å²) in [7, 11) is -2.78. The Bertz CT molecular complexity index is 441. The Hall–Kier alpha value is -1.39. The van der Waals surface area contributed by atoms with Crippen molar-refractivity contribution in [2.45, 2.75) is 33.2 Å². The third kappa shape index (κ3) is 4.54. The highest BCUT2D eigenvalue weighted by Crippen LogP contribution is 2.30. The third-order valence-electron chi connectivity index (χ3n) is 3.11. The monoisotopic (exact) mass is 309 g/mol. The Labute approximate surface area is 127 Å². The standard InChI is InChI=1S/C15H23NO4Si/c1-5-18-21(19-6-2,20-7-3)13(4)14-8-10-15(11-9-14)17-12-16/h8-11,13H,5-7H2,1-4H3. The lowest BCUT2D eigenvalue weighted by Gasteiger charge is -2.33. The average Bonchev–Trinajstić information content (AvgIpc) is 2.48. The molecule has 21 heavy (non-hydrogen) atoms. The van der Waals surface area contributed by atoms with Gasteiger partial charge in [0.25, 0.3) is 6.26 Å². The van der Waals surface area contributed by atoms with Crippen molar-refractivity contribution < 1.29 is 18.0 Å². The van der Waals surface area contributed by atoms with Gasteiger partial charge in [0.1, 0.15) is 5.75 Å². The molecule has 0 saturated heterocycles. The zero-order valence-corrected chi connectivity index (χ0v) is 14.1. The lowest BCUT2D eigenvalue weighted by Crippen LogP contribution is -2.51. The van der Waals surface area contributed by atoms with Gasteiger partial charge in [-0.1, -0.05) is 19.1 Å². The van der Waals surface area contributed by atoms with Crippen molar-refractivity contribution in [1.29, 1.82) is 5.26 Å². The van der Waals surface area contributed by atoms with Crippen LogP contribution < -0.4 is 4.74 Å². The van der Waals surface area contributed by atoms with Crippen molar-refractivity contribution in [3.63, 3.8) is 0 Å². The molecule has 0 radical (unpaired) electrons. The minimum atomic E-state index is -2.78. The average molecular weight is 309 g/mol. The fourth-order valence-corrected chi connectivity index (χ4v) is 4.99. The second-order valence-corrected chi connectivity index (χ2v) is 7.33. The second kappa shape index (κ2) is 8.80. The lowest BCUT2D eigenvalue weighted by molar-refractivity contribution is 0.0633. The number of nitriles is 1. The van der Waals surface area contributed by atoms with Crippen LogP contribution in [0.1, 0.15) is 38.8 Å². The summed E-state index contributed by atoms with van der Waals surface area (Å²) in [5.41, 5.74) is 1.05. The molecular formula is C15H23NO4Si. The molecular weight excluding hydrogens is 286 g/mol. The van der Waals surface area contributed by atoms with Crippen LogP contribution in [0.25, 0.3) is 0 Å². The number of benzene rings is 1. The summed E-state index contributed by atoms with van der Waals surface area (Å²) >= 11 is 0. The number of rotatable bonds is 9. The predicted octanol–water partition coefficient (Wildman–Crippen LogP) is 3.24. The van der Waals surface area contributed by atoms with Crippen LogP contribution in [0.15, 0.2) is 24.3 Å². The van der Waals surface area contributed by atoms with Crippen LogP contribution in [-0.4, -0.2) is 28.6 Å². The highest BCUT2D eigenvalue weighted by atomic mass is 28.4. The first kappa shape index (κ1) is 17.7. The molecule has 0 bridgehead atoms. The molecule has 0 saturated carbocycles. The van der Waals surface area contributed by atoms with Gasteiger partial charge in [0.15, 0.2) is 0 Å². The molecule has 116 valence electrons. The van der Waals surface area contributed by atoms with Crippen LogP contribution in [0, 0.1) is 11.5 Å². The van der Waals surface area contributed by atoms with Gasteiger partial charge < -0.3 is 18.0 Å². The largest absolute Gasteiger partial charge is 0.508 e. The summed E-state index contributed by atoms with van der Waals surface area (Å²) in [5.74, 6) is 0.518. The molecule has 1 rings (SSSR count). The molecule has 0 heterocycles. The number of nitrogens with zero attached hydrogens (tertiary/aromatic N) is 1. The molecule has 1 aromatic carbocycles. The molecule has 0 amide bonds. The summed E-state index contributed by atoms with van der Waals surface area (Å²) in [6.45, 7) is 9.51. The number of hydrogen-bond donors (Lipinski definition) is 0. The molecule has 0 aliphatic heterocycles. The maximum absolute atomic E-state index is 8.51. The van der Waals surface area contributed by atoms with Crippen LogP contribution in [0.2, 0.25) is 0 Å². The van der Waals surface area contributed by atoms with Crippen molar-refractivity contribution in [2.24, 2.45) is 0 Å². The Kier molecular flexibility index (Phi) is 7.40. The first-order chi connectivity index (χ1) is 10.1. The summed E-state index contributed by atoms with van der Waals surface area (Å²) < 4.78 is 22.5. The van der Waals surface area contributed by atoms with E-state index in [-0.39, 0.29) is 5.54 Å². The molecule has 5 nitrogen and oxygen atoms in total. The minimum absolute atomic E-state index is 0.00786. The molecule has 0 aliphatic rings. The maximum Gasteiger partial charge on any atom is 0.508 e. The summed E-state index contributed by atoms with van der Waals surface area (Å²) in [5, 5.41) is 8.51. The molecule has 0 fully saturated rings. The Morgan fingerprint density at radius 1 is 1.00 bits per heavy atom. The summed E-state index contributed by atoms with van der Waals surface area (Å²) in [6, 6.07) is 7.35. The topological polar surface area (TPSA) is 60.7 Å². The van der Waals surface area contributed by atoms with E-state index in [1.54, 1.807) is 18.4 Å². The van der Waals surface area contributed by atoms with Crippen molar-refractivity contribution in [3.8, 4) is 12.0 Å². The fourth-order valence-electron chi connectivity index (χ4n) is 2.18. The van der Waals surface area contributed by atoms with Crippen LogP contribution >= 0.6 is 0 Å². The lowest BCUT2D eigenvalue weighted by atomic mass is 10.1. The highest BCUT2D eigenvalue weighted by molar-refractivity contribution is 6.62. The van der Waals surface area contributed by atoms with Gasteiger partial charge >= 0.3 is 8.80 Å².